The third-order valence-electron chi connectivity index (χ3n) is 2.81. The van der Waals surface area contributed by atoms with Crippen molar-refractivity contribution < 1.29 is 4.74 Å². The molecular formula is C15H24BrNO. The van der Waals surface area contributed by atoms with Gasteiger partial charge in [0.05, 0.1) is 6.10 Å². The van der Waals surface area contributed by atoms with Gasteiger partial charge in [-0.1, -0.05) is 29.8 Å². The largest absolute Gasteiger partial charge is 0.491 e. The van der Waals surface area contributed by atoms with Crippen molar-refractivity contribution in [3.8, 4) is 5.75 Å². The third-order valence-corrected chi connectivity index (χ3v) is 3.70. The van der Waals surface area contributed by atoms with E-state index >= 15 is 0 Å². The van der Waals surface area contributed by atoms with Crippen molar-refractivity contribution in [3.05, 3.63) is 28.2 Å². The van der Waals surface area contributed by atoms with E-state index in [1.165, 1.54) is 5.56 Å². The summed E-state index contributed by atoms with van der Waals surface area (Å²) >= 11 is 3.50. The van der Waals surface area contributed by atoms with E-state index < -0.39 is 0 Å². The Bertz CT molecular complexity index is 366. The molecule has 0 spiro atoms. The number of ether oxygens (including phenoxy) is 1. The van der Waals surface area contributed by atoms with Crippen molar-refractivity contribution in [2.24, 2.45) is 0 Å². The minimum absolute atomic E-state index is 0.263. The fourth-order valence-corrected chi connectivity index (χ4v) is 2.01. The molecule has 102 valence electrons. The summed E-state index contributed by atoms with van der Waals surface area (Å²) in [5.41, 5.74) is 1.21. The number of benzene rings is 1. The Morgan fingerprint density at radius 2 is 2.00 bits per heavy atom. The smallest absolute Gasteiger partial charge is 0.120 e. The zero-order chi connectivity index (χ0) is 13.5. The molecule has 1 N–H and O–H groups in total. The average Bonchev–Trinajstić information content (AvgIpc) is 2.29. The lowest BCUT2D eigenvalue weighted by molar-refractivity contribution is 0.207. The van der Waals surface area contributed by atoms with E-state index in [9.17, 15) is 0 Å². The SMILES string of the molecule is Cc1cc(OC(C)CCCNC(C)C)ccc1Br. The molecule has 1 atom stereocenters. The molecule has 1 rings (SSSR count). The first-order valence-electron chi connectivity index (χ1n) is 6.65. The number of rotatable bonds is 7. The van der Waals surface area contributed by atoms with E-state index in [0.29, 0.717) is 6.04 Å². The minimum atomic E-state index is 0.263. The first kappa shape index (κ1) is 15.5. The summed E-state index contributed by atoms with van der Waals surface area (Å²) in [5, 5.41) is 3.42. The quantitative estimate of drug-likeness (QED) is 0.758. The van der Waals surface area contributed by atoms with Crippen molar-refractivity contribution in [3.63, 3.8) is 0 Å². The number of hydrogen-bond donors (Lipinski definition) is 1. The van der Waals surface area contributed by atoms with E-state index in [-0.39, 0.29) is 6.10 Å². The van der Waals surface area contributed by atoms with Crippen LogP contribution in [0.3, 0.4) is 0 Å². The van der Waals surface area contributed by atoms with Crippen molar-refractivity contribution in [2.75, 3.05) is 6.54 Å². The Balaban J connectivity index is 2.31. The van der Waals surface area contributed by atoms with Gasteiger partial charge in [0.15, 0.2) is 0 Å². The van der Waals surface area contributed by atoms with Crippen molar-refractivity contribution >= 4 is 15.9 Å². The van der Waals surface area contributed by atoms with E-state index in [2.05, 4.69) is 55.0 Å². The number of aryl methyl sites for hydroxylation is 1. The lowest BCUT2D eigenvalue weighted by atomic mass is 10.2. The molecule has 0 bridgehead atoms. The van der Waals surface area contributed by atoms with Crippen LogP contribution in [-0.2, 0) is 0 Å². The topological polar surface area (TPSA) is 21.3 Å². The highest BCUT2D eigenvalue weighted by molar-refractivity contribution is 9.10. The van der Waals surface area contributed by atoms with Gasteiger partial charge >= 0.3 is 0 Å². The van der Waals surface area contributed by atoms with E-state index in [1.807, 2.05) is 12.1 Å². The van der Waals surface area contributed by atoms with Crippen LogP contribution >= 0.6 is 15.9 Å². The molecule has 0 radical (unpaired) electrons. The summed E-state index contributed by atoms with van der Waals surface area (Å²) < 4.78 is 7.04. The monoisotopic (exact) mass is 313 g/mol. The van der Waals surface area contributed by atoms with Crippen LogP contribution in [0, 0.1) is 6.92 Å². The number of halogens is 1. The Hall–Kier alpha value is -0.540. The number of hydrogen-bond acceptors (Lipinski definition) is 2. The Morgan fingerprint density at radius 1 is 1.28 bits per heavy atom. The van der Waals surface area contributed by atoms with Crippen LogP contribution < -0.4 is 10.1 Å². The maximum absolute atomic E-state index is 5.91. The van der Waals surface area contributed by atoms with Gasteiger partial charge in [0, 0.05) is 10.5 Å². The molecular weight excluding hydrogens is 290 g/mol. The fraction of sp³-hybridized carbons (Fsp3) is 0.600. The first-order chi connectivity index (χ1) is 8.49. The van der Waals surface area contributed by atoms with Crippen molar-refractivity contribution in [2.45, 2.75) is 52.7 Å². The summed E-state index contributed by atoms with van der Waals surface area (Å²) in [5.74, 6) is 0.958. The molecule has 1 aromatic carbocycles. The Labute approximate surface area is 119 Å². The van der Waals surface area contributed by atoms with Crippen LogP contribution in [0.15, 0.2) is 22.7 Å². The zero-order valence-corrected chi connectivity index (χ0v) is 13.4. The van der Waals surface area contributed by atoms with Crippen LogP contribution in [-0.4, -0.2) is 18.7 Å². The summed E-state index contributed by atoms with van der Waals surface area (Å²) in [4.78, 5) is 0. The van der Waals surface area contributed by atoms with Gasteiger partial charge in [0.25, 0.3) is 0 Å². The Morgan fingerprint density at radius 3 is 2.61 bits per heavy atom. The standard InChI is InChI=1S/C15H24BrNO/c1-11(2)17-9-5-6-13(4)18-14-7-8-15(16)12(3)10-14/h7-8,10-11,13,17H,5-6,9H2,1-4H3. The molecule has 0 saturated carbocycles. The number of nitrogens with one attached hydrogen (secondary N) is 1. The molecule has 1 aromatic rings. The summed E-state index contributed by atoms with van der Waals surface area (Å²) in [6, 6.07) is 6.69. The van der Waals surface area contributed by atoms with Gasteiger partial charge in [-0.2, -0.15) is 0 Å². The minimum Gasteiger partial charge on any atom is -0.491 e. The first-order valence-corrected chi connectivity index (χ1v) is 7.44. The molecule has 0 amide bonds. The summed E-state index contributed by atoms with van der Waals surface area (Å²) in [6.45, 7) is 9.61. The third kappa shape index (κ3) is 5.87. The van der Waals surface area contributed by atoms with Crippen molar-refractivity contribution in [1.29, 1.82) is 0 Å². The van der Waals surface area contributed by atoms with Gasteiger partial charge in [-0.15, -0.1) is 0 Å². The molecule has 2 nitrogen and oxygen atoms in total. The lowest BCUT2D eigenvalue weighted by Gasteiger charge is -2.16. The molecule has 0 fully saturated rings. The second-order valence-electron chi connectivity index (χ2n) is 5.09. The highest BCUT2D eigenvalue weighted by Gasteiger charge is 2.05. The molecule has 0 aliphatic carbocycles. The van der Waals surface area contributed by atoms with Crippen LogP contribution in [0.25, 0.3) is 0 Å². The van der Waals surface area contributed by atoms with Crippen molar-refractivity contribution in [1.82, 2.24) is 5.32 Å². The molecule has 0 aliphatic rings. The van der Waals surface area contributed by atoms with Crippen LogP contribution in [0.5, 0.6) is 5.75 Å². The lowest BCUT2D eigenvalue weighted by Crippen LogP contribution is -2.25. The second kappa shape index (κ2) is 7.80. The summed E-state index contributed by atoms with van der Waals surface area (Å²) in [7, 11) is 0. The predicted molar refractivity (Wildman–Crippen MR) is 81.3 cm³/mol. The molecule has 0 saturated heterocycles. The van der Waals surface area contributed by atoms with Gasteiger partial charge in [-0.3, -0.25) is 0 Å². The highest BCUT2D eigenvalue weighted by Crippen LogP contribution is 2.22. The predicted octanol–water partition coefficient (Wildman–Crippen LogP) is 4.30. The molecule has 0 aliphatic heterocycles. The molecule has 18 heavy (non-hydrogen) atoms. The maximum Gasteiger partial charge on any atom is 0.120 e. The molecule has 3 heteroatoms. The molecule has 0 aromatic heterocycles. The fourth-order valence-electron chi connectivity index (χ4n) is 1.76. The van der Waals surface area contributed by atoms with E-state index in [0.717, 1.165) is 29.6 Å². The summed E-state index contributed by atoms with van der Waals surface area (Å²) in [6.07, 6.45) is 2.49. The van der Waals surface area contributed by atoms with Crippen LogP contribution in [0.4, 0.5) is 0 Å². The van der Waals surface area contributed by atoms with E-state index in [4.69, 9.17) is 4.74 Å². The normalized spacial score (nSPS) is 12.8. The zero-order valence-electron chi connectivity index (χ0n) is 11.8. The Kier molecular flexibility index (Phi) is 6.72. The van der Waals surface area contributed by atoms with Gasteiger partial charge in [-0.05, 0) is 57.0 Å². The second-order valence-corrected chi connectivity index (χ2v) is 5.94. The van der Waals surface area contributed by atoms with E-state index in [1.54, 1.807) is 0 Å². The van der Waals surface area contributed by atoms with Crippen LogP contribution in [0.2, 0.25) is 0 Å². The van der Waals surface area contributed by atoms with Gasteiger partial charge in [0.1, 0.15) is 5.75 Å². The maximum atomic E-state index is 5.91. The highest BCUT2D eigenvalue weighted by atomic mass is 79.9. The van der Waals surface area contributed by atoms with Crippen LogP contribution in [0.1, 0.15) is 39.2 Å². The van der Waals surface area contributed by atoms with Gasteiger partial charge in [-0.25, -0.2) is 0 Å². The average molecular weight is 314 g/mol. The van der Waals surface area contributed by atoms with Gasteiger partial charge in [0.2, 0.25) is 0 Å². The molecule has 1 unspecified atom stereocenters. The molecule has 0 heterocycles. The van der Waals surface area contributed by atoms with Gasteiger partial charge < -0.3 is 10.1 Å².